The molecule has 0 saturated heterocycles. The van der Waals surface area contributed by atoms with E-state index in [1.54, 1.807) is 0 Å². The van der Waals surface area contributed by atoms with E-state index in [0.717, 1.165) is 61.2 Å². The zero-order chi connectivity index (χ0) is 32.8. The van der Waals surface area contributed by atoms with Gasteiger partial charge in [-0.25, -0.2) is 9.97 Å². The number of para-hydroxylation sites is 2. The number of hydrogen-bond donors (Lipinski definition) is 0. The van der Waals surface area contributed by atoms with Gasteiger partial charge in [0.15, 0.2) is 5.82 Å². The maximum Gasteiger partial charge on any atom is 0.165 e. The summed E-state index contributed by atoms with van der Waals surface area (Å²) in [6.45, 7) is 0. The van der Waals surface area contributed by atoms with Gasteiger partial charge in [0, 0.05) is 32.5 Å². The lowest BCUT2D eigenvalue weighted by atomic mass is 10.0. The van der Waals surface area contributed by atoms with Crippen LogP contribution in [0.4, 0.5) is 0 Å². The van der Waals surface area contributed by atoms with Gasteiger partial charge in [-0.05, 0) is 46.7 Å². The van der Waals surface area contributed by atoms with Gasteiger partial charge in [0.1, 0.15) is 5.69 Å². The highest BCUT2D eigenvalue weighted by molar-refractivity contribution is 6.27. The predicted molar refractivity (Wildman–Crippen MR) is 208 cm³/mol. The molecular weight excluding hydrogens is 609 g/mol. The van der Waals surface area contributed by atoms with Crippen LogP contribution in [0.5, 0.6) is 0 Å². The zero-order valence-corrected chi connectivity index (χ0v) is 27.0. The van der Waals surface area contributed by atoms with E-state index >= 15 is 0 Å². The van der Waals surface area contributed by atoms with Crippen LogP contribution in [0.25, 0.3) is 99.1 Å². The van der Waals surface area contributed by atoms with E-state index in [0.29, 0.717) is 0 Å². The minimum atomic E-state index is 0.808. The minimum absolute atomic E-state index is 0.808. The molecule has 4 nitrogen and oxygen atoms in total. The van der Waals surface area contributed by atoms with E-state index in [9.17, 15) is 0 Å². The Morgan fingerprint density at radius 3 is 1.86 bits per heavy atom. The van der Waals surface area contributed by atoms with Crippen LogP contribution in [-0.4, -0.2) is 18.9 Å². The lowest BCUT2D eigenvalue weighted by Crippen LogP contribution is -2.05. The highest BCUT2D eigenvalue weighted by Gasteiger charge is 2.26. The fourth-order valence-electron chi connectivity index (χ4n) is 8.12. The molecule has 0 fully saturated rings. The van der Waals surface area contributed by atoms with Crippen molar-refractivity contribution in [1.82, 2.24) is 18.9 Å². The molecule has 0 aliphatic carbocycles. The number of aromatic nitrogens is 4. The van der Waals surface area contributed by atoms with Crippen molar-refractivity contribution in [3.05, 3.63) is 170 Å². The summed E-state index contributed by atoms with van der Waals surface area (Å²) in [4.78, 5) is 11.1. The van der Waals surface area contributed by atoms with E-state index in [1.807, 2.05) is 0 Å². The summed E-state index contributed by atoms with van der Waals surface area (Å²) in [5, 5.41) is 8.26. The van der Waals surface area contributed by atoms with Crippen molar-refractivity contribution in [3.8, 4) is 28.3 Å². The molecule has 4 aromatic heterocycles. The van der Waals surface area contributed by atoms with Gasteiger partial charge in [-0.1, -0.05) is 140 Å². The lowest BCUT2D eigenvalue weighted by molar-refractivity contribution is 1.05. The average molecular weight is 637 g/mol. The molecule has 0 amide bonds. The Balaban J connectivity index is 1.42. The maximum absolute atomic E-state index is 5.57. The second-order valence-corrected chi connectivity index (χ2v) is 13.0. The summed E-state index contributed by atoms with van der Waals surface area (Å²) >= 11 is 0. The van der Waals surface area contributed by atoms with Gasteiger partial charge in [0.25, 0.3) is 0 Å². The third-order valence-electron chi connectivity index (χ3n) is 10.2. The molecule has 0 aliphatic rings. The first kappa shape index (κ1) is 27.2. The van der Waals surface area contributed by atoms with Gasteiger partial charge >= 0.3 is 0 Å². The summed E-state index contributed by atoms with van der Waals surface area (Å²) in [7, 11) is 0. The van der Waals surface area contributed by atoms with E-state index in [-0.39, 0.29) is 0 Å². The quantitative estimate of drug-likeness (QED) is 0.181. The zero-order valence-electron chi connectivity index (χ0n) is 27.0. The molecule has 4 heterocycles. The average Bonchev–Trinajstić information content (AvgIpc) is 3.71. The maximum atomic E-state index is 5.57. The molecule has 0 spiro atoms. The van der Waals surface area contributed by atoms with Crippen LogP contribution in [0.1, 0.15) is 0 Å². The molecule has 4 heteroatoms. The number of nitrogens with zero attached hydrogens (tertiary/aromatic N) is 4. The van der Waals surface area contributed by atoms with Crippen molar-refractivity contribution in [2.45, 2.75) is 0 Å². The summed E-state index contributed by atoms with van der Waals surface area (Å²) < 4.78 is 4.83. The molecule has 232 valence electrons. The lowest BCUT2D eigenvalue weighted by Gasteiger charge is -2.17. The number of hydrogen-bond acceptors (Lipinski definition) is 2. The van der Waals surface area contributed by atoms with Gasteiger partial charge in [0.05, 0.1) is 38.8 Å². The standard InChI is InChI=1S/C46H28N4/c1-3-15-30(16-4-1)43-46(47-36-27-26-29-14-7-9-20-33(29)44(36)48-43)50-39-25-13-22-35-34-21-10-12-24-38(34)49-37-23-11-8-19-32(37)28-40(49)42(41(35)39)45(50)31-17-5-2-6-18-31/h1-28H. The minimum Gasteiger partial charge on any atom is -0.309 e. The van der Waals surface area contributed by atoms with Gasteiger partial charge in [-0.3, -0.25) is 4.57 Å². The van der Waals surface area contributed by atoms with Gasteiger partial charge in [-0.15, -0.1) is 0 Å². The van der Waals surface area contributed by atoms with Crippen molar-refractivity contribution in [1.29, 1.82) is 0 Å². The van der Waals surface area contributed by atoms with E-state index in [1.165, 1.54) is 38.0 Å². The number of rotatable bonds is 3. The van der Waals surface area contributed by atoms with E-state index in [4.69, 9.17) is 9.97 Å². The second-order valence-electron chi connectivity index (χ2n) is 13.0. The number of benzene rings is 7. The first-order valence-corrected chi connectivity index (χ1v) is 17.0. The summed E-state index contributed by atoms with van der Waals surface area (Å²) in [5.74, 6) is 0.808. The van der Waals surface area contributed by atoms with E-state index in [2.05, 4.69) is 179 Å². The van der Waals surface area contributed by atoms with Gasteiger partial charge in [-0.2, -0.15) is 0 Å². The Morgan fingerprint density at radius 2 is 1.04 bits per heavy atom. The van der Waals surface area contributed by atoms with Crippen molar-refractivity contribution < 1.29 is 0 Å². The number of fused-ring (bicyclic) bond motifs is 10. The largest absolute Gasteiger partial charge is 0.309 e. The first-order valence-electron chi connectivity index (χ1n) is 17.0. The molecule has 7 aromatic carbocycles. The molecular formula is C46H28N4. The monoisotopic (exact) mass is 636 g/mol. The molecule has 0 N–H and O–H groups in total. The highest BCUT2D eigenvalue weighted by atomic mass is 15.1. The van der Waals surface area contributed by atoms with Crippen LogP contribution in [-0.2, 0) is 0 Å². The molecule has 0 bridgehead atoms. The molecule has 0 atom stereocenters. The van der Waals surface area contributed by atoms with Crippen LogP contribution in [0.15, 0.2) is 170 Å². The summed E-state index contributed by atoms with van der Waals surface area (Å²) in [5.41, 5.74) is 10.5. The predicted octanol–water partition coefficient (Wildman–Crippen LogP) is 11.8. The van der Waals surface area contributed by atoms with Gasteiger partial charge in [0.2, 0.25) is 0 Å². The Bertz CT molecular complexity index is 3140. The Kier molecular flexibility index (Phi) is 5.63. The van der Waals surface area contributed by atoms with Crippen molar-refractivity contribution in [2.75, 3.05) is 0 Å². The SMILES string of the molecule is c1ccc(-c2nc3c(ccc4ccccc43)nc2-n2c(-c3ccccc3)c3c4c(cccc42)c2ccccc2n2c4ccccc4cc32)cc1. The van der Waals surface area contributed by atoms with Crippen LogP contribution in [0, 0.1) is 0 Å². The summed E-state index contributed by atoms with van der Waals surface area (Å²) in [6, 6.07) is 60.6. The molecule has 50 heavy (non-hydrogen) atoms. The first-order chi connectivity index (χ1) is 24.8. The molecule has 0 unspecified atom stereocenters. The highest BCUT2D eigenvalue weighted by Crippen LogP contribution is 2.46. The topological polar surface area (TPSA) is 35.1 Å². The van der Waals surface area contributed by atoms with E-state index < -0.39 is 0 Å². The van der Waals surface area contributed by atoms with Crippen LogP contribution in [0.3, 0.4) is 0 Å². The Hall–Kier alpha value is -6.78. The molecule has 0 saturated carbocycles. The molecule has 0 aliphatic heterocycles. The van der Waals surface area contributed by atoms with Gasteiger partial charge < -0.3 is 4.40 Å². The smallest absolute Gasteiger partial charge is 0.165 e. The molecule has 0 radical (unpaired) electrons. The third-order valence-corrected chi connectivity index (χ3v) is 10.2. The van der Waals surface area contributed by atoms with Crippen LogP contribution >= 0.6 is 0 Å². The summed E-state index contributed by atoms with van der Waals surface area (Å²) in [6.07, 6.45) is 0. The fourth-order valence-corrected chi connectivity index (χ4v) is 8.12. The second kappa shape index (κ2) is 10.4. The fraction of sp³-hybridized carbons (Fsp3) is 0. The molecule has 11 rings (SSSR count). The van der Waals surface area contributed by atoms with Crippen LogP contribution in [0.2, 0.25) is 0 Å². The third kappa shape index (κ3) is 3.76. The van der Waals surface area contributed by atoms with Crippen LogP contribution < -0.4 is 0 Å². The molecule has 11 aromatic rings. The van der Waals surface area contributed by atoms with Crippen molar-refractivity contribution in [2.24, 2.45) is 0 Å². The van der Waals surface area contributed by atoms with Crippen molar-refractivity contribution >= 4 is 70.8 Å². The Morgan fingerprint density at radius 1 is 0.400 bits per heavy atom. The van der Waals surface area contributed by atoms with Crippen molar-refractivity contribution in [3.63, 3.8) is 0 Å². The Labute approximate surface area is 287 Å². The normalized spacial score (nSPS) is 12.0.